The van der Waals surface area contributed by atoms with Crippen LogP contribution in [0.25, 0.3) is 0 Å². The van der Waals surface area contributed by atoms with Crippen molar-refractivity contribution in [2.45, 2.75) is 56.7 Å². The Hall–Kier alpha value is -1.41. The maximum Gasteiger partial charge on any atom is 0.222 e. The van der Waals surface area contributed by atoms with Crippen LogP contribution in [0.1, 0.15) is 44.9 Å². The van der Waals surface area contributed by atoms with Gasteiger partial charge in [-0.1, -0.05) is 6.42 Å². The Morgan fingerprint density at radius 2 is 1.83 bits per heavy atom. The van der Waals surface area contributed by atoms with Gasteiger partial charge in [-0.05, 0) is 24.7 Å². The molecule has 4 aliphatic rings. The minimum Gasteiger partial charge on any atom is -0.339 e. The zero-order valence-electron chi connectivity index (χ0n) is 13.8. The van der Waals surface area contributed by atoms with E-state index in [0.29, 0.717) is 18.9 Å². The Balaban J connectivity index is 1.17. The van der Waals surface area contributed by atoms with E-state index in [0.717, 1.165) is 37.8 Å². The van der Waals surface area contributed by atoms with Gasteiger partial charge in [-0.15, -0.1) is 12.3 Å². The molecular formula is C18H26N4O. The molecule has 0 bridgehead atoms. The molecule has 4 rings (SSSR count). The molecule has 2 atom stereocenters. The van der Waals surface area contributed by atoms with Crippen molar-refractivity contribution in [3.05, 3.63) is 0 Å². The Kier molecular flexibility index (Phi) is 3.88. The molecule has 0 spiro atoms. The van der Waals surface area contributed by atoms with Crippen molar-refractivity contribution in [1.82, 2.24) is 9.80 Å². The first kappa shape index (κ1) is 15.1. The summed E-state index contributed by atoms with van der Waals surface area (Å²) < 4.78 is 0. The third-order valence-electron chi connectivity index (χ3n) is 6.28. The Morgan fingerprint density at radius 3 is 2.43 bits per heavy atom. The van der Waals surface area contributed by atoms with Crippen molar-refractivity contribution in [1.29, 1.82) is 0 Å². The van der Waals surface area contributed by atoms with Gasteiger partial charge in [0.25, 0.3) is 0 Å². The molecule has 0 aromatic heterocycles. The molecule has 3 fully saturated rings. The average molecular weight is 314 g/mol. The predicted molar refractivity (Wildman–Crippen MR) is 87.7 cm³/mol. The smallest absolute Gasteiger partial charge is 0.222 e. The lowest BCUT2D eigenvalue weighted by atomic mass is 10.00. The summed E-state index contributed by atoms with van der Waals surface area (Å²) in [4.78, 5) is 17.0. The molecule has 3 heterocycles. The van der Waals surface area contributed by atoms with Gasteiger partial charge in [-0.25, -0.2) is 0 Å². The number of terminal acetylenes is 1. The lowest BCUT2D eigenvalue weighted by Gasteiger charge is -2.44. The summed E-state index contributed by atoms with van der Waals surface area (Å²) in [6.07, 6.45) is 12.3. The van der Waals surface area contributed by atoms with Crippen LogP contribution in [0.3, 0.4) is 0 Å². The highest BCUT2D eigenvalue weighted by Gasteiger charge is 2.44. The molecule has 5 heteroatoms. The maximum absolute atomic E-state index is 12.3. The van der Waals surface area contributed by atoms with Crippen LogP contribution in [0.15, 0.2) is 10.2 Å². The highest BCUT2D eigenvalue weighted by atomic mass is 16.2. The monoisotopic (exact) mass is 314 g/mol. The number of rotatable bonds is 6. The van der Waals surface area contributed by atoms with Crippen LogP contribution in [-0.4, -0.2) is 53.6 Å². The molecule has 0 radical (unpaired) electrons. The fraction of sp³-hybridized carbons (Fsp3) is 0.833. The van der Waals surface area contributed by atoms with E-state index in [1.807, 2.05) is 4.90 Å². The molecule has 0 unspecified atom stereocenters. The minimum absolute atomic E-state index is 0.262. The number of carbonyl (C=O) groups excluding carboxylic acids is 1. The molecule has 2 saturated heterocycles. The molecule has 1 amide bonds. The summed E-state index contributed by atoms with van der Waals surface area (Å²) in [6, 6.07) is 0.607. The van der Waals surface area contributed by atoms with Crippen LogP contribution in [0, 0.1) is 24.2 Å². The quantitative estimate of drug-likeness (QED) is 0.706. The Bertz CT molecular complexity index is 528. The number of nitrogens with zero attached hydrogens (tertiary/aromatic N) is 4. The molecule has 1 aliphatic carbocycles. The van der Waals surface area contributed by atoms with E-state index in [1.165, 1.54) is 32.4 Å². The number of hydrogen-bond donors (Lipinski definition) is 0. The van der Waals surface area contributed by atoms with E-state index in [2.05, 4.69) is 21.0 Å². The minimum atomic E-state index is -0.321. The van der Waals surface area contributed by atoms with Crippen molar-refractivity contribution in [2.75, 3.05) is 26.2 Å². The van der Waals surface area contributed by atoms with Crippen LogP contribution in [-0.2, 0) is 4.79 Å². The predicted octanol–water partition coefficient (Wildman–Crippen LogP) is 2.28. The number of carbonyl (C=O) groups is 1. The number of hydrogen-bond acceptors (Lipinski definition) is 4. The first-order valence-electron chi connectivity index (χ1n) is 9.08. The lowest BCUT2D eigenvalue weighted by molar-refractivity contribution is -0.138. The molecule has 1 saturated carbocycles. The van der Waals surface area contributed by atoms with Gasteiger partial charge in [0, 0.05) is 57.9 Å². The van der Waals surface area contributed by atoms with Crippen LogP contribution >= 0.6 is 0 Å². The fourth-order valence-electron chi connectivity index (χ4n) is 4.59. The van der Waals surface area contributed by atoms with Crippen molar-refractivity contribution < 1.29 is 4.79 Å². The highest BCUT2D eigenvalue weighted by molar-refractivity contribution is 5.77. The van der Waals surface area contributed by atoms with Gasteiger partial charge < -0.3 is 4.90 Å². The SMILES string of the molecule is C#CCCC1(CCC(=O)N2CC(N3C[C@H]4CCC[C@H]4C3)C2)N=N1. The normalized spacial score (nSPS) is 31.7. The van der Waals surface area contributed by atoms with Crippen molar-refractivity contribution in [3.8, 4) is 12.3 Å². The first-order valence-corrected chi connectivity index (χ1v) is 9.08. The summed E-state index contributed by atoms with van der Waals surface area (Å²) >= 11 is 0. The van der Waals surface area contributed by atoms with Crippen LogP contribution in [0.5, 0.6) is 0 Å². The zero-order valence-corrected chi connectivity index (χ0v) is 13.8. The molecule has 5 nitrogen and oxygen atoms in total. The van der Waals surface area contributed by atoms with Crippen LogP contribution in [0.4, 0.5) is 0 Å². The van der Waals surface area contributed by atoms with E-state index < -0.39 is 0 Å². The second-order valence-corrected chi connectivity index (χ2v) is 7.74. The number of likely N-dealkylation sites (tertiary alicyclic amines) is 2. The van der Waals surface area contributed by atoms with E-state index in [9.17, 15) is 4.79 Å². The Morgan fingerprint density at radius 1 is 1.13 bits per heavy atom. The topological polar surface area (TPSA) is 48.3 Å². The standard InChI is InChI=1S/C18H26N4O/c1-2-3-8-18(19-20-18)9-7-17(23)22-12-16(13-22)21-10-14-5-4-6-15(14)11-21/h1,14-16H,3-13H2/t14-,15+. The summed E-state index contributed by atoms with van der Waals surface area (Å²) in [5.74, 6) is 4.77. The second-order valence-electron chi connectivity index (χ2n) is 7.74. The van der Waals surface area contributed by atoms with Gasteiger partial charge in [0.05, 0.1) is 0 Å². The maximum atomic E-state index is 12.3. The van der Waals surface area contributed by atoms with Crippen molar-refractivity contribution >= 4 is 5.91 Å². The molecule has 0 aromatic rings. The lowest BCUT2D eigenvalue weighted by Crippen LogP contribution is -2.60. The van der Waals surface area contributed by atoms with E-state index >= 15 is 0 Å². The van der Waals surface area contributed by atoms with Gasteiger partial charge in [0.15, 0.2) is 5.66 Å². The Labute approximate surface area is 138 Å². The number of fused-ring (bicyclic) bond motifs is 1. The van der Waals surface area contributed by atoms with E-state index in [1.54, 1.807) is 0 Å². The van der Waals surface area contributed by atoms with Gasteiger partial charge in [0.1, 0.15) is 0 Å². The summed E-state index contributed by atoms with van der Waals surface area (Å²) in [6.45, 7) is 4.38. The molecule has 23 heavy (non-hydrogen) atoms. The molecule has 0 aromatic carbocycles. The molecule has 124 valence electrons. The summed E-state index contributed by atoms with van der Waals surface area (Å²) in [7, 11) is 0. The molecule has 3 aliphatic heterocycles. The van der Waals surface area contributed by atoms with Gasteiger partial charge in [0.2, 0.25) is 5.91 Å². The van der Waals surface area contributed by atoms with E-state index in [4.69, 9.17) is 6.42 Å². The summed E-state index contributed by atoms with van der Waals surface area (Å²) in [5, 5.41) is 8.21. The third-order valence-corrected chi connectivity index (χ3v) is 6.28. The van der Waals surface area contributed by atoms with E-state index in [-0.39, 0.29) is 11.6 Å². The largest absolute Gasteiger partial charge is 0.339 e. The molecular weight excluding hydrogens is 288 g/mol. The van der Waals surface area contributed by atoms with Crippen molar-refractivity contribution in [3.63, 3.8) is 0 Å². The fourth-order valence-corrected chi connectivity index (χ4v) is 4.59. The van der Waals surface area contributed by atoms with Gasteiger partial charge in [-0.3, -0.25) is 9.69 Å². The average Bonchev–Trinajstić information content (AvgIpc) is 2.94. The number of amides is 1. The van der Waals surface area contributed by atoms with Crippen LogP contribution in [0.2, 0.25) is 0 Å². The van der Waals surface area contributed by atoms with Gasteiger partial charge in [-0.2, -0.15) is 10.2 Å². The summed E-state index contributed by atoms with van der Waals surface area (Å²) in [5.41, 5.74) is -0.321. The highest BCUT2D eigenvalue weighted by Crippen LogP contribution is 2.40. The zero-order chi connectivity index (χ0) is 15.9. The first-order chi connectivity index (χ1) is 11.2. The van der Waals surface area contributed by atoms with Crippen molar-refractivity contribution in [2.24, 2.45) is 22.1 Å². The van der Waals surface area contributed by atoms with Gasteiger partial charge >= 0.3 is 0 Å². The second kappa shape index (κ2) is 5.90. The third kappa shape index (κ3) is 3.01. The molecule has 0 N–H and O–H groups in total. The van der Waals surface area contributed by atoms with Crippen LogP contribution < -0.4 is 0 Å².